The summed E-state index contributed by atoms with van der Waals surface area (Å²) in [6, 6.07) is 9.48. The maximum Gasteiger partial charge on any atom is 0.251 e. The van der Waals surface area contributed by atoms with Crippen LogP contribution >= 0.6 is 0 Å². The Kier molecular flexibility index (Phi) is 5.78. The Morgan fingerprint density at radius 2 is 1.84 bits per heavy atom. The van der Waals surface area contributed by atoms with Gasteiger partial charge in [-0.15, -0.1) is 0 Å². The van der Waals surface area contributed by atoms with Crippen molar-refractivity contribution in [2.45, 2.75) is 43.9 Å². The Hall–Kier alpha value is -2.64. The topological polar surface area (TPSA) is 72.9 Å². The van der Waals surface area contributed by atoms with Gasteiger partial charge in [0.25, 0.3) is 5.91 Å². The zero-order valence-corrected chi connectivity index (χ0v) is 17.7. The summed E-state index contributed by atoms with van der Waals surface area (Å²) in [4.78, 5) is 19.2. The van der Waals surface area contributed by atoms with Crippen molar-refractivity contribution in [3.63, 3.8) is 0 Å². The number of nitrogens with one attached hydrogen (secondary N) is 1. The Morgan fingerprint density at radius 1 is 1.06 bits per heavy atom. The van der Waals surface area contributed by atoms with Gasteiger partial charge in [0.1, 0.15) is 13.2 Å². The molecule has 3 aliphatic rings. The summed E-state index contributed by atoms with van der Waals surface area (Å²) >= 11 is 0. The Bertz CT molecular complexity index is 912. The van der Waals surface area contributed by atoms with E-state index in [9.17, 15) is 4.79 Å². The normalized spacial score (nSPS) is 22.4. The first-order chi connectivity index (χ1) is 15.2. The maximum absolute atomic E-state index is 12.6. The van der Waals surface area contributed by atoms with E-state index in [0.717, 1.165) is 45.3 Å². The first kappa shape index (κ1) is 20.3. The van der Waals surface area contributed by atoms with Crippen molar-refractivity contribution in [3.8, 4) is 11.5 Å². The fourth-order valence-corrected chi connectivity index (χ4v) is 4.77. The molecular formula is C24H29N3O4. The molecule has 31 heavy (non-hydrogen) atoms. The summed E-state index contributed by atoms with van der Waals surface area (Å²) in [5, 5.41) is 3.03. The predicted octanol–water partition coefficient (Wildman–Crippen LogP) is 2.80. The monoisotopic (exact) mass is 423 g/mol. The van der Waals surface area contributed by atoms with Crippen molar-refractivity contribution >= 4 is 5.91 Å². The average Bonchev–Trinajstić information content (AvgIpc) is 3.22. The first-order valence-corrected chi connectivity index (χ1v) is 11.2. The van der Waals surface area contributed by atoms with Gasteiger partial charge in [-0.2, -0.15) is 0 Å². The third-order valence-electron chi connectivity index (χ3n) is 6.56. The molecule has 1 aromatic carbocycles. The number of carbonyl (C=O) groups excluding carboxylic acids is 1. The quantitative estimate of drug-likeness (QED) is 0.797. The first-order valence-electron chi connectivity index (χ1n) is 11.2. The van der Waals surface area contributed by atoms with E-state index >= 15 is 0 Å². The van der Waals surface area contributed by atoms with Crippen LogP contribution in [-0.4, -0.2) is 60.3 Å². The highest BCUT2D eigenvalue weighted by Gasteiger charge is 2.42. The maximum atomic E-state index is 12.6. The molecule has 164 valence electrons. The van der Waals surface area contributed by atoms with Crippen LogP contribution in [0.25, 0.3) is 0 Å². The Morgan fingerprint density at radius 3 is 2.65 bits per heavy atom. The minimum atomic E-state index is -0.103. The number of fused-ring (bicyclic) bond motifs is 1. The zero-order valence-electron chi connectivity index (χ0n) is 17.7. The van der Waals surface area contributed by atoms with E-state index in [4.69, 9.17) is 14.2 Å². The fraction of sp³-hybridized carbons (Fsp3) is 0.500. The minimum absolute atomic E-state index is 0.0267. The van der Waals surface area contributed by atoms with Crippen LogP contribution in [0, 0.1) is 0 Å². The smallest absolute Gasteiger partial charge is 0.251 e. The van der Waals surface area contributed by atoms with Gasteiger partial charge in [0.05, 0.1) is 11.7 Å². The summed E-state index contributed by atoms with van der Waals surface area (Å²) in [6.07, 6.45) is 7.94. The second-order valence-electron chi connectivity index (χ2n) is 8.66. The zero-order chi connectivity index (χ0) is 21.1. The number of benzene rings is 1. The number of hydrogen-bond donors (Lipinski definition) is 1. The number of rotatable bonds is 5. The molecule has 1 aromatic heterocycles. The van der Waals surface area contributed by atoms with E-state index in [1.807, 2.05) is 12.4 Å². The number of amides is 1. The highest BCUT2D eigenvalue weighted by atomic mass is 16.6. The van der Waals surface area contributed by atoms with E-state index in [0.29, 0.717) is 36.8 Å². The summed E-state index contributed by atoms with van der Waals surface area (Å²) in [6.45, 7) is 4.64. The van der Waals surface area contributed by atoms with Crippen LogP contribution in [0.5, 0.6) is 11.5 Å². The summed E-state index contributed by atoms with van der Waals surface area (Å²) < 4.78 is 17.6. The van der Waals surface area contributed by atoms with E-state index in [1.54, 1.807) is 18.2 Å². The SMILES string of the molecule is O=C(NCC1CCC2(CCN(Cc3ccncc3)CC2)O1)c1ccc2c(c1)OCCO2. The molecule has 1 N–H and O–H groups in total. The van der Waals surface area contributed by atoms with Gasteiger partial charge in [-0.1, -0.05) is 0 Å². The number of hydrogen-bond acceptors (Lipinski definition) is 6. The highest BCUT2D eigenvalue weighted by Crippen LogP contribution is 2.39. The largest absolute Gasteiger partial charge is 0.486 e. The number of nitrogens with zero attached hydrogens (tertiary/aromatic N) is 2. The Labute approximate surface area is 182 Å². The highest BCUT2D eigenvalue weighted by molar-refractivity contribution is 5.94. The molecule has 1 unspecified atom stereocenters. The summed E-state index contributed by atoms with van der Waals surface area (Å²) in [7, 11) is 0. The van der Waals surface area contributed by atoms with Crippen LogP contribution in [-0.2, 0) is 11.3 Å². The minimum Gasteiger partial charge on any atom is -0.486 e. The second-order valence-corrected chi connectivity index (χ2v) is 8.66. The molecule has 0 radical (unpaired) electrons. The number of piperidine rings is 1. The number of likely N-dealkylation sites (tertiary alicyclic amines) is 1. The molecule has 0 aliphatic carbocycles. The third-order valence-corrected chi connectivity index (χ3v) is 6.56. The molecule has 7 heteroatoms. The third kappa shape index (κ3) is 4.67. The summed E-state index contributed by atoms with van der Waals surface area (Å²) in [5.74, 6) is 1.22. The molecular weight excluding hydrogens is 394 g/mol. The molecule has 0 bridgehead atoms. The molecule has 4 heterocycles. The standard InChI is InChI=1S/C24H29N3O4/c28-23(19-1-2-21-22(15-19)30-14-13-29-21)26-16-20-3-6-24(31-20)7-11-27(12-8-24)17-18-4-9-25-10-5-18/h1-2,4-5,9-10,15,20H,3,6-8,11-14,16-17H2,(H,26,28). The van der Waals surface area contributed by atoms with Crippen LogP contribution < -0.4 is 14.8 Å². The molecule has 1 spiro atoms. The number of carbonyl (C=O) groups is 1. The van der Waals surface area contributed by atoms with Crippen molar-refractivity contribution in [2.24, 2.45) is 0 Å². The Balaban J connectivity index is 1.09. The number of ether oxygens (including phenoxy) is 3. The molecule has 7 nitrogen and oxygen atoms in total. The van der Waals surface area contributed by atoms with E-state index in [2.05, 4.69) is 27.3 Å². The van der Waals surface area contributed by atoms with Gasteiger partial charge in [-0.3, -0.25) is 14.7 Å². The van der Waals surface area contributed by atoms with Gasteiger partial charge in [-0.05, 0) is 61.6 Å². The van der Waals surface area contributed by atoms with E-state index in [-0.39, 0.29) is 17.6 Å². The molecule has 2 saturated heterocycles. The fourth-order valence-electron chi connectivity index (χ4n) is 4.77. The van der Waals surface area contributed by atoms with Crippen LogP contribution in [0.15, 0.2) is 42.7 Å². The van der Waals surface area contributed by atoms with E-state index in [1.165, 1.54) is 5.56 Å². The van der Waals surface area contributed by atoms with Crippen molar-refractivity contribution in [2.75, 3.05) is 32.8 Å². The lowest BCUT2D eigenvalue weighted by molar-refractivity contribution is -0.0764. The van der Waals surface area contributed by atoms with Crippen LogP contribution in [0.4, 0.5) is 0 Å². The second kappa shape index (κ2) is 8.85. The van der Waals surface area contributed by atoms with Gasteiger partial charge in [-0.25, -0.2) is 0 Å². The number of aromatic nitrogens is 1. The molecule has 5 rings (SSSR count). The van der Waals surface area contributed by atoms with Gasteiger partial charge in [0.2, 0.25) is 0 Å². The summed E-state index contributed by atoms with van der Waals surface area (Å²) in [5.41, 5.74) is 1.86. The lowest BCUT2D eigenvalue weighted by Gasteiger charge is -2.39. The van der Waals surface area contributed by atoms with Gasteiger partial charge >= 0.3 is 0 Å². The van der Waals surface area contributed by atoms with Crippen LogP contribution in [0.1, 0.15) is 41.6 Å². The molecule has 2 fully saturated rings. The number of pyridine rings is 1. The molecule has 2 aromatic rings. The van der Waals surface area contributed by atoms with Crippen molar-refractivity contribution < 1.29 is 19.0 Å². The van der Waals surface area contributed by atoms with Crippen molar-refractivity contribution in [1.29, 1.82) is 0 Å². The van der Waals surface area contributed by atoms with Crippen molar-refractivity contribution in [3.05, 3.63) is 53.9 Å². The van der Waals surface area contributed by atoms with Gasteiger partial charge in [0, 0.05) is 44.1 Å². The lowest BCUT2D eigenvalue weighted by Crippen LogP contribution is -2.44. The lowest BCUT2D eigenvalue weighted by atomic mass is 9.88. The van der Waals surface area contributed by atoms with Gasteiger partial charge < -0.3 is 19.5 Å². The van der Waals surface area contributed by atoms with Gasteiger partial charge in [0.15, 0.2) is 11.5 Å². The van der Waals surface area contributed by atoms with Crippen LogP contribution in [0.3, 0.4) is 0 Å². The molecule has 1 atom stereocenters. The molecule has 1 amide bonds. The van der Waals surface area contributed by atoms with Crippen LogP contribution in [0.2, 0.25) is 0 Å². The molecule has 3 aliphatic heterocycles. The predicted molar refractivity (Wildman–Crippen MR) is 115 cm³/mol. The molecule has 0 saturated carbocycles. The van der Waals surface area contributed by atoms with E-state index < -0.39 is 0 Å². The van der Waals surface area contributed by atoms with Crippen molar-refractivity contribution in [1.82, 2.24) is 15.2 Å². The average molecular weight is 424 g/mol.